The number of aromatic nitrogens is 2. The summed E-state index contributed by atoms with van der Waals surface area (Å²) in [4.78, 5) is 24.9. The predicted molar refractivity (Wildman–Crippen MR) is 88.7 cm³/mol. The van der Waals surface area contributed by atoms with Crippen molar-refractivity contribution < 1.29 is 14.1 Å². The zero-order valence-corrected chi connectivity index (χ0v) is 13.9. The number of hydrogen-bond donors (Lipinski definition) is 1. The first-order valence-electron chi connectivity index (χ1n) is 8.25. The molecule has 1 aliphatic rings. The first-order valence-corrected chi connectivity index (χ1v) is 8.25. The number of benzene rings is 1. The summed E-state index contributed by atoms with van der Waals surface area (Å²) in [5.74, 6) is -0.438. The van der Waals surface area contributed by atoms with Gasteiger partial charge in [-0.15, -0.1) is 0 Å². The van der Waals surface area contributed by atoms with Gasteiger partial charge in [-0.2, -0.15) is 5.10 Å². The lowest BCUT2D eigenvalue weighted by molar-refractivity contribution is -0.385. The fraction of sp³-hybridized carbons (Fsp3) is 0.412. The van der Waals surface area contributed by atoms with E-state index in [-0.39, 0.29) is 23.1 Å². The number of aromatic amines is 1. The number of likely N-dealkylation sites (tertiary alicyclic amines) is 1. The highest BCUT2D eigenvalue weighted by Gasteiger charge is 2.34. The van der Waals surface area contributed by atoms with Crippen LogP contribution in [0.3, 0.4) is 0 Å². The van der Waals surface area contributed by atoms with E-state index in [1.165, 1.54) is 12.1 Å². The molecule has 1 aromatic carbocycles. The molecule has 1 aromatic heterocycles. The molecule has 1 N–H and O–H groups in total. The van der Waals surface area contributed by atoms with Gasteiger partial charge < -0.3 is 4.90 Å². The summed E-state index contributed by atoms with van der Waals surface area (Å²) >= 11 is 0. The number of carbonyl (C=O) groups excluding carboxylic acids is 1. The molecule has 8 heteroatoms. The second-order valence-electron chi connectivity index (χ2n) is 6.25. The largest absolute Gasteiger partial charge is 0.337 e. The second kappa shape index (κ2) is 7.00. The van der Waals surface area contributed by atoms with Crippen LogP contribution in [0.1, 0.15) is 35.1 Å². The highest BCUT2D eigenvalue weighted by atomic mass is 19.1. The Hall–Kier alpha value is -2.77. The molecular formula is C17H19FN4O3. The summed E-state index contributed by atoms with van der Waals surface area (Å²) < 4.78 is 13.0. The van der Waals surface area contributed by atoms with Crippen molar-refractivity contribution in [1.29, 1.82) is 0 Å². The maximum Gasteiger partial charge on any atom is 0.322 e. The van der Waals surface area contributed by atoms with E-state index >= 15 is 0 Å². The fourth-order valence-corrected chi connectivity index (χ4v) is 3.25. The molecule has 132 valence electrons. The van der Waals surface area contributed by atoms with E-state index in [9.17, 15) is 19.3 Å². The number of nitrogens with one attached hydrogen (secondary N) is 1. The molecule has 0 aliphatic carbocycles. The highest BCUT2D eigenvalue weighted by molar-refractivity contribution is 5.96. The number of hydrogen-bond acceptors (Lipinski definition) is 4. The quantitative estimate of drug-likeness (QED) is 0.665. The van der Waals surface area contributed by atoms with Gasteiger partial charge in [0.15, 0.2) is 0 Å². The van der Waals surface area contributed by atoms with Crippen molar-refractivity contribution >= 4 is 11.6 Å². The molecule has 1 amide bonds. The lowest BCUT2D eigenvalue weighted by Crippen LogP contribution is -2.29. The van der Waals surface area contributed by atoms with Gasteiger partial charge in [0, 0.05) is 13.1 Å². The Morgan fingerprint density at radius 2 is 2.16 bits per heavy atom. The Kier molecular flexibility index (Phi) is 4.78. The number of carbonyl (C=O) groups is 1. The number of aryl methyl sites for hydroxylation is 1. The van der Waals surface area contributed by atoms with Gasteiger partial charge in [0.05, 0.1) is 4.92 Å². The van der Waals surface area contributed by atoms with Crippen molar-refractivity contribution in [2.24, 2.45) is 5.92 Å². The van der Waals surface area contributed by atoms with E-state index in [1.807, 2.05) is 0 Å². The molecule has 2 aromatic rings. The molecule has 0 spiro atoms. The van der Waals surface area contributed by atoms with Crippen LogP contribution in [0.4, 0.5) is 10.1 Å². The lowest BCUT2D eigenvalue weighted by atomic mass is 9.99. The number of nitrogens with zero attached hydrogens (tertiary/aromatic N) is 3. The molecule has 3 rings (SSSR count). The van der Waals surface area contributed by atoms with E-state index < -0.39 is 10.8 Å². The Balaban J connectivity index is 1.69. The smallest absolute Gasteiger partial charge is 0.322 e. The van der Waals surface area contributed by atoms with E-state index in [0.717, 1.165) is 18.4 Å². The van der Waals surface area contributed by atoms with Crippen LogP contribution < -0.4 is 0 Å². The summed E-state index contributed by atoms with van der Waals surface area (Å²) in [6, 6.07) is 6.33. The zero-order chi connectivity index (χ0) is 18.0. The number of H-pyrrole nitrogens is 1. The molecule has 0 bridgehead atoms. The zero-order valence-electron chi connectivity index (χ0n) is 13.9. The van der Waals surface area contributed by atoms with Crippen LogP contribution in [0.2, 0.25) is 0 Å². The van der Waals surface area contributed by atoms with Crippen LogP contribution in [0.5, 0.6) is 0 Å². The summed E-state index contributed by atoms with van der Waals surface area (Å²) in [7, 11) is 0. The van der Waals surface area contributed by atoms with Crippen LogP contribution in [-0.4, -0.2) is 39.0 Å². The Morgan fingerprint density at radius 3 is 2.80 bits per heavy atom. The standard InChI is InChI=1S/C17H19FN4O3/c1-2-14-16(22(24)25)15(20-19-14)17(23)21-8-7-12(10-21)9-11-3-5-13(18)6-4-11/h3-6,12H,2,7-10H2,1H3,(H,19,20)/t12-/m0/s1. The minimum Gasteiger partial charge on any atom is -0.337 e. The average molecular weight is 346 g/mol. The highest BCUT2D eigenvalue weighted by Crippen LogP contribution is 2.27. The van der Waals surface area contributed by atoms with Gasteiger partial charge in [-0.25, -0.2) is 4.39 Å². The summed E-state index contributed by atoms with van der Waals surface area (Å²) in [6.07, 6.45) is 1.96. The first kappa shape index (κ1) is 17.1. The Morgan fingerprint density at radius 1 is 1.44 bits per heavy atom. The number of nitro groups is 1. The number of halogens is 1. The fourth-order valence-electron chi connectivity index (χ4n) is 3.25. The van der Waals surface area contributed by atoms with Gasteiger partial charge in [0.25, 0.3) is 5.91 Å². The van der Waals surface area contributed by atoms with Crippen LogP contribution in [0.15, 0.2) is 24.3 Å². The second-order valence-corrected chi connectivity index (χ2v) is 6.25. The van der Waals surface area contributed by atoms with Crippen molar-refractivity contribution in [3.8, 4) is 0 Å². The van der Waals surface area contributed by atoms with Gasteiger partial charge in [-0.3, -0.25) is 20.0 Å². The third-order valence-corrected chi connectivity index (χ3v) is 4.56. The third-order valence-electron chi connectivity index (χ3n) is 4.56. The SMILES string of the molecule is CCc1[nH]nc(C(=O)N2CC[C@@H](Cc3ccc(F)cc3)C2)c1[N+](=O)[O-]. The summed E-state index contributed by atoms with van der Waals surface area (Å²) in [6.45, 7) is 2.82. The molecule has 25 heavy (non-hydrogen) atoms. The number of amides is 1. The van der Waals surface area contributed by atoms with Crippen molar-refractivity contribution in [1.82, 2.24) is 15.1 Å². The molecule has 1 atom stereocenters. The van der Waals surface area contributed by atoms with Crippen molar-refractivity contribution in [3.63, 3.8) is 0 Å². The molecule has 2 heterocycles. The van der Waals surface area contributed by atoms with Crippen molar-refractivity contribution in [3.05, 3.63) is 57.1 Å². The molecule has 1 saturated heterocycles. The van der Waals surface area contributed by atoms with E-state index in [1.54, 1.807) is 24.0 Å². The van der Waals surface area contributed by atoms with Crippen LogP contribution in [-0.2, 0) is 12.8 Å². The van der Waals surface area contributed by atoms with E-state index in [0.29, 0.717) is 25.2 Å². The number of rotatable bonds is 5. The molecule has 7 nitrogen and oxygen atoms in total. The van der Waals surface area contributed by atoms with Crippen LogP contribution >= 0.6 is 0 Å². The molecule has 1 fully saturated rings. The molecule has 1 aliphatic heterocycles. The maximum absolute atomic E-state index is 13.0. The molecule has 0 saturated carbocycles. The van der Waals surface area contributed by atoms with Gasteiger partial charge >= 0.3 is 5.69 Å². The van der Waals surface area contributed by atoms with Gasteiger partial charge in [0.2, 0.25) is 5.69 Å². The average Bonchev–Trinajstić information content (AvgIpc) is 3.23. The van der Waals surface area contributed by atoms with Crippen LogP contribution in [0.25, 0.3) is 0 Å². The van der Waals surface area contributed by atoms with Crippen molar-refractivity contribution in [2.45, 2.75) is 26.2 Å². The minimum atomic E-state index is -0.554. The lowest BCUT2D eigenvalue weighted by Gasteiger charge is -2.15. The summed E-state index contributed by atoms with van der Waals surface area (Å²) in [5, 5.41) is 17.7. The summed E-state index contributed by atoms with van der Waals surface area (Å²) in [5.41, 5.74) is 1.02. The Bertz CT molecular complexity index is 788. The first-order chi connectivity index (χ1) is 12.0. The maximum atomic E-state index is 13.0. The van der Waals surface area contributed by atoms with E-state index in [2.05, 4.69) is 10.2 Å². The minimum absolute atomic E-state index is 0.121. The Labute approximate surface area is 144 Å². The van der Waals surface area contributed by atoms with Crippen LogP contribution in [0, 0.1) is 21.8 Å². The van der Waals surface area contributed by atoms with E-state index in [4.69, 9.17) is 0 Å². The molecule has 0 unspecified atom stereocenters. The predicted octanol–water partition coefficient (Wildman–Crippen LogP) is 2.72. The van der Waals surface area contributed by atoms with Gasteiger partial charge in [0.1, 0.15) is 11.5 Å². The molecular weight excluding hydrogens is 327 g/mol. The normalized spacial score (nSPS) is 17.0. The van der Waals surface area contributed by atoms with Gasteiger partial charge in [-0.05, 0) is 42.9 Å². The molecule has 0 radical (unpaired) electrons. The third kappa shape index (κ3) is 3.52. The monoisotopic (exact) mass is 346 g/mol. The topological polar surface area (TPSA) is 92.1 Å². The van der Waals surface area contributed by atoms with Crippen molar-refractivity contribution in [2.75, 3.05) is 13.1 Å². The van der Waals surface area contributed by atoms with Gasteiger partial charge in [-0.1, -0.05) is 19.1 Å².